The molecule has 0 unspecified atom stereocenters. The minimum Gasteiger partial charge on any atom is -0.354 e. The Kier molecular flexibility index (Phi) is 9.31. The molecule has 0 spiro atoms. The van der Waals surface area contributed by atoms with Crippen molar-refractivity contribution < 1.29 is 0 Å². The molecule has 0 amide bonds. The van der Waals surface area contributed by atoms with Gasteiger partial charge >= 0.3 is 0 Å². The second-order valence-corrected chi connectivity index (χ2v) is 17.1. The summed E-state index contributed by atoms with van der Waals surface area (Å²) in [5.74, 6) is 0. The summed E-state index contributed by atoms with van der Waals surface area (Å²) in [5.41, 5.74) is 19.8. The summed E-state index contributed by atoms with van der Waals surface area (Å²) < 4.78 is 8.49. The van der Waals surface area contributed by atoms with Gasteiger partial charge in [-0.3, -0.25) is 0 Å². The molecule has 4 aromatic carbocycles. The molecule has 7 aromatic heterocycles. The standard InChI is InChI=1S/C60H42N8/c1-2-34-65(33-1)45-17-9-41(10-18-45)57-49-25-27-51(61-49)58(42-11-19-46(20-12-42)66-35-3-4-36-66)53-29-31-55(63-53)60(44-15-23-48(24-16-44)68-39-7-8-40-68)56-32-30-54(64-56)59(52-28-26-50(57)62-52)43-13-21-47(22-14-43)67-37-5-6-38-67/h1-40,61,64H. The molecule has 8 bridgehead atoms. The van der Waals surface area contributed by atoms with Crippen LogP contribution in [0.3, 0.4) is 0 Å². The number of hydrogen-bond acceptors (Lipinski definition) is 2. The van der Waals surface area contributed by atoms with E-state index >= 15 is 0 Å². The van der Waals surface area contributed by atoms with Crippen LogP contribution in [0.4, 0.5) is 0 Å². The van der Waals surface area contributed by atoms with Gasteiger partial charge in [-0.1, -0.05) is 48.5 Å². The molecule has 2 aliphatic heterocycles. The highest BCUT2D eigenvalue weighted by atomic mass is 15.0. The first-order chi connectivity index (χ1) is 33.7. The highest BCUT2D eigenvalue weighted by molar-refractivity contribution is 6.00. The molecule has 9 heterocycles. The van der Waals surface area contributed by atoms with Crippen molar-refractivity contribution in [2.24, 2.45) is 0 Å². The van der Waals surface area contributed by atoms with Crippen LogP contribution in [-0.2, 0) is 0 Å². The lowest BCUT2D eigenvalue weighted by molar-refractivity contribution is 1.08. The number of rotatable bonds is 8. The van der Waals surface area contributed by atoms with Gasteiger partial charge in [0.25, 0.3) is 0 Å². The summed E-state index contributed by atoms with van der Waals surface area (Å²) in [6, 6.07) is 60.0. The molecule has 322 valence electrons. The van der Waals surface area contributed by atoms with Gasteiger partial charge in [-0.05, 0) is 168 Å². The second kappa shape index (κ2) is 16.2. The predicted molar refractivity (Wildman–Crippen MR) is 278 cm³/mol. The van der Waals surface area contributed by atoms with Crippen LogP contribution in [0, 0.1) is 0 Å². The number of nitrogens with one attached hydrogen (secondary N) is 2. The Bertz CT molecular complexity index is 3320. The smallest absolute Gasteiger partial charge is 0.0737 e. The van der Waals surface area contributed by atoms with Gasteiger partial charge in [-0.2, -0.15) is 0 Å². The number of hydrogen-bond donors (Lipinski definition) is 2. The minimum atomic E-state index is 0.865. The Hall–Kier alpha value is -9.40. The van der Waals surface area contributed by atoms with Crippen LogP contribution in [-0.4, -0.2) is 38.2 Å². The van der Waals surface area contributed by atoms with Crippen LogP contribution in [0.5, 0.6) is 0 Å². The summed E-state index contributed by atoms with van der Waals surface area (Å²) in [4.78, 5) is 18.9. The van der Waals surface area contributed by atoms with E-state index in [1.165, 1.54) is 0 Å². The molecule has 0 saturated carbocycles. The van der Waals surface area contributed by atoms with E-state index < -0.39 is 0 Å². The highest BCUT2D eigenvalue weighted by Gasteiger charge is 2.20. The molecule has 8 heteroatoms. The van der Waals surface area contributed by atoms with Gasteiger partial charge in [0.05, 0.1) is 22.8 Å². The van der Waals surface area contributed by atoms with Crippen LogP contribution in [0.2, 0.25) is 0 Å². The summed E-state index contributed by atoms with van der Waals surface area (Å²) in [6.45, 7) is 0. The molecule has 0 atom stereocenters. The van der Waals surface area contributed by atoms with Crippen LogP contribution in [0.1, 0.15) is 22.8 Å². The molecule has 13 rings (SSSR count). The Morgan fingerprint density at radius 3 is 0.662 bits per heavy atom. The maximum absolute atomic E-state index is 5.55. The fourth-order valence-electron chi connectivity index (χ4n) is 9.65. The number of aromatic amines is 2. The van der Waals surface area contributed by atoms with E-state index in [-0.39, 0.29) is 0 Å². The van der Waals surface area contributed by atoms with Gasteiger partial charge in [0.2, 0.25) is 0 Å². The average Bonchev–Trinajstić information content (AvgIpc) is 4.24. The molecule has 2 N–H and O–H groups in total. The maximum atomic E-state index is 5.55. The van der Waals surface area contributed by atoms with Crippen molar-refractivity contribution in [3.63, 3.8) is 0 Å². The summed E-state index contributed by atoms with van der Waals surface area (Å²) in [6.07, 6.45) is 25.2. The SMILES string of the molecule is C1=Cc2nc1c(-c1ccc(-n3cccc3)cc1)c1ccc([nH]1)c(-c1ccc(-n3cccc3)cc1)c1nc(c(-c3ccc(-n4cccc4)cc3)c3ccc([nH]3)c2-c2ccc(-n3cccc3)cc2)C=C1. The third-order valence-corrected chi connectivity index (χ3v) is 13.0. The lowest BCUT2D eigenvalue weighted by atomic mass is 10.0. The monoisotopic (exact) mass is 874 g/mol. The van der Waals surface area contributed by atoms with Gasteiger partial charge in [0.1, 0.15) is 0 Å². The van der Waals surface area contributed by atoms with Gasteiger partial charge < -0.3 is 28.2 Å². The van der Waals surface area contributed by atoms with E-state index in [4.69, 9.17) is 9.97 Å². The van der Waals surface area contributed by atoms with E-state index in [1.807, 2.05) is 48.5 Å². The Labute approximate surface area is 392 Å². The van der Waals surface area contributed by atoms with Crippen LogP contribution in [0.25, 0.3) is 114 Å². The molecule has 0 fully saturated rings. The first kappa shape index (κ1) is 39.0. The highest BCUT2D eigenvalue weighted by Crippen LogP contribution is 2.39. The molecule has 8 nitrogen and oxygen atoms in total. The normalized spacial score (nSPS) is 12.0. The second-order valence-electron chi connectivity index (χ2n) is 17.1. The van der Waals surface area contributed by atoms with E-state index in [0.717, 1.165) is 112 Å². The zero-order valence-corrected chi connectivity index (χ0v) is 36.8. The first-order valence-electron chi connectivity index (χ1n) is 22.8. The predicted octanol–water partition coefficient (Wildman–Crippen LogP) is 14.5. The van der Waals surface area contributed by atoms with Gasteiger partial charge in [-0.25, -0.2) is 9.97 Å². The number of benzene rings is 4. The third kappa shape index (κ3) is 6.96. The molecule has 0 radical (unpaired) electrons. The van der Waals surface area contributed by atoms with Crippen molar-refractivity contribution in [3.05, 3.63) is 242 Å². The lowest BCUT2D eigenvalue weighted by Gasteiger charge is -2.09. The Morgan fingerprint density at radius 1 is 0.250 bits per heavy atom. The fourth-order valence-corrected chi connectivity index (χ4v) is 9.65. The van der Waals surface area contributed by atoms with Crippen LogP contribution < -0.4 is 0 Å². The van der Waals surface area contributed by atoms with E-state index in [9.17, 15) is 0 Å². The van der Waals surface area contributed by atoms with Gasteiger partial charge in [-0.15, -0.1) is 0 Å². The topological polar surface area (TPSA) is 77.1 Å². The van der Waals surface area contributed by atoms with Crippen LogP contribution in [0.15, 0.2) is 219 Å². The first-order valence-corrected chi connectivity index (χ1v) is 22.8. The largest absolute Gasteiger partial charge is 0.354 e. The summed E-state index contributed by atoms with van der Waals surface area (Å²) in [5, 5.41) is 0. The molecule has 0 saturated heterocycles. The number of nitrogens with zero attached hydrogens (tertiary/aromatic N) is 6. The summed E-state index contributed by atoms with van der Waals surface area (Å²) in [7, 11) is 0. The van der Waals surface area contributed by atoms with Gasteiger partial charge in [0, 0.05) is 117 Å². The minimum absolute atomic E-state index is 0.865. The van der Waals surface area contributed by atoms with E-state index in [1.54, 1.807) is 0 Å². The van der Waals surface area contributed by atoms with Crippen molar-refractivity contribution >= 4 is 46.4 Å². The van der Waals surface area contributed by atoms with Crippen molar-refractivity contribution in [1.29, 1.82) is 0 Å². The zero-order valence-electron chi connectivity index (χ0n) is 36.8. The van der Waals surface area contributed by atoms with Crippen molar-refractivity contribution in [3.8, 4) is 67.3 Å². The fraction of sp³-hybridized carbons (Fsp3) is 0. The Morgan fingerprint density at radius 2 is 0.456 bits per heavy atom. The molecule has 2 aliphatic rings. The van der Waals surface area contributed by atoms with E-state index in [2.05, 4.69) is 223 Å². The molecular weight excluding hydrogens is 833 g/mol. The quantitative estimate of drug-likeness (QED) is 0.160. The molecule has 11 aromatic rings. The van der Waals surface area contributed by atoms with Crippen LogP contribution >= 0.6 is 0 Å². The van der Waals surface area contributed by atoms with Gasteiger partial charge in [0.15, 0.2) is 0 Å². The van der Waals surface area contributed by atoms with Crippen molar-refractivity contribution in [2.75, 3.05) is 0 Å². The summed E-state index contributed by atoms with van der Waals surface area (Å²) >= 11 is 0. The molecule has 0 aliphatic carbocycles. The zero-order chi connectivity index (χ0) is 45.0. The Balaban J connectivity index is 1.10. The maximum Gasteiger partial charge on any atom is 0.0737 e. The number of fused-ring (bicyclic) bond motifs is 8. The number of H-pyrrole nitrogens is 2. The van der Waals surface area contributed by atoms with E-state index in [0.29, 0.717) is 0 Å². The molecular formula is C60H42N8. The lowest BCUT2D eigenvalue weighted by Crippen LogP contribution is -1.92. The average molecular weight is 875 g/mol. The third-order valence-electron chi connectivity index (χ3n) is 13.0. The van der Waals surface area contributed by atoms with Crippen molar-refractivity contribution in [2.45, 2.75) is 0 Å². The molecule has 68 heavy (non-hydrogen) atoms. The number of aromatic nitrogens is 8. The van der Waals surface area contributed by atoms with Crippen molar-refractivity contribution in [1.82, 2.24) is 38.2 Å².